The minimum Gasteiger partial charge on any atom is -0.497 e. The van der Waals surface area contributed by atoms with E-state index in [2.05, 4.69) is 5.32 Å². The van der Waals surface area contributed by atoms with Crippen LogP contribution in [0.3, 0.4) is 0 Å². The molecule has 0 aliphatic carbocycles. The topological polar surface area (TPSA) is 64.4 Å². The highest BCUT2D eigenvalue weighted by Crippen LogP contribution is 2.24. The minimum absolute atomic E-state index is 0. The zero-order valence-corrected chi connectivity index (χ0v) is 15.8. The maximum Gasteiger partial charge on any atom is 0.237 e. The van der Waals surface area contributed by atoms with Crippen LogP contribution in [0.2, 0.25) is 0 Å². The van der Waals surface area contributed by atoms with Crippen LogP contribution < -0.4 is 15.8 Å². The first-order valence-electron chi connectivity index (χ1n) is 8.31. The molecule has 2 aromatic carbocycles. The molecule has 2 rings (SSSR count). The second-order valence-corrected chi connectivity index (χ2v) is 6.06. The Morgan fingerprint density at radius 2 is 1.84 bits per heavy atom. The molecule has 4 nitrogen and oxygen atoms in total. The van der Waals surface area contributed by atoms with Crippen LogP contribution in [0.15, 0.2) is 48.5 Å². The molecule has 0 aliphatic heterocycles. The van der Waals surface area contributed by atoms with Gasteiger partial charge < -0.3 is 15.8 Å². The Labute approximate surface area is 156 Å². The molecule has 5 heteroatoms. The third-order valence-electron chi connectivity index (χ3n) is 4.38. The molecular formula is C20H27ClN2O2. The lowest BCUT2D eigenvalue weighted by molar-refractivity contribution is -0.123. The Morgan fingerprint density at radius 3 is 2.44 bits per heavy atom. The molecule has 2 atom stereocenters. The minimum atomic E-state index is -0.453. The van der Waals surface area contributed by atoms with Gasteiger partial charge in [0, 0.05) is 6.54 Å². The fourth-order valence-electron chi connectivity index (χ4n) is 2.44. The van der Waals surface area contributed by atoms with Gasteiger partial charge in [0.1, 0.15) is 5.75 Å². The van der Waals surface area contributed by atoms with E-state index < -0.39 is 6.04 Å². The fraction of sp³-hybridized carbons (Fsp3) is 0.350. The highest BCUT2D eigenvalue weighted by Gasteiger charge is 2.18. The van der Waals surface area contributed by atoms with E-state index in [1.807, 2.05) is 62.4 Å². The van der Waals surface area contributed by atoms with E-state index in [-0.39, 0.29) is 24.2 Å². The van der Waals surface area contributed by atoms with Crippen LogP contribution in [0.25, 0.3) is 11.1 Å². The summed E-state index contributed by atoms with van der Waals surface area (Å²) >= 11 is 0. The molecule has 0 saturated heterocycles. The number of halogens is 1. The molecule has 0 bridgehead atoms. The zero-order valence-electron chi connectivity index (χ0n) is 15.0. The molecular weight excluding hydrogens is 336 g/mol. The summed E-state index contributed by atoms with van der Waals surface area (Å²) in [5, 5.41) is 2.91. The van der Waals surface area contributed by atoms with Gasteiger partial charge in [-0.3, -0.25) is 4.79 Å². The fourth-order valence-corrected chi connectivity index (χ4v) is 2.44. The molecule has 0 fully saturated rings. The number of hydrogen-bond donors (Lipinski definition) is 2. The first-order valence-corrected chi connectivity index (χ1v) is 8.31. The van der Waals surface area contributed by atoms with Crippen LogP contribution in [-0.2, 0) is 11.3 Å². The van der Waals surface area contributed by atoms with E-state index >= 15 is 0 Å². The Morgan fingerprint density at radius 1 is 1.16 bits per heavy atom. The van der Waals surface area contributed by atoms with Crippen molar-refractivity contribution in [3.05, 3.63) is 54.1 Å². The number of rotatable bonds is 7. The molecule has 0 aliphatic rings. The Balaban J connectivity index is 0.00000312. The average Bonchev–Trinajstić information content (AvgIpc) is 2.65. The average molecular weight is 363 g/mol. The van der Waals surface area contributed by atoms with E-state index in [9.17, 15) is 4.79 Å². The number of amides is 1. The van der Waals surface area contributed by atoms with Crippen molar-refractivity contribution in [1.82, 2.24) is 5.32 Å². The van der Waals surface area contributed by atoms with Crippen LogP contribution in [0.4, 0.5) is 0 Å². The Kier molecular flexibility index (Phi) is 8.46. The van der Waals surface area contributed by atoms with Gasteiger partial charge >= 0.3 is 0 Å². The molecule has 0 saturated carbocycles. The molecule has 2 aromatic rings. The summed E-state index contributed by atoms with van der Waals surface area (Å²) in [6.45, 7) is 4.52. The molecule has 0 aromatic heterocycles. The molecule has 25 heavy (non-hydrogen) atoms. The molecule has 1 amide bonds. The van der Waals surface area contributed by atoms with E-state index in [1.54, 1.807) is 7.11 Å². The number of nitrogens with one attached hydrogen (secondary N) is 1. The van der Waals surface area contributed by atoms with Crippen molar-refractivity contribution >= 4 is 18.3 Å². The summed E-state index contributed by atoms with van der Waals surface area (Å²) < 4.78 is 5.26. The van der Waals surface area contributed by atoms with Crippen molar-refractivity contribution in [3.8, 4) is 16.9 Å². The van der Waals surface area contributed by atoms with E-state index in [0.717, 1.165) is 28.9 Å². The molecule has 136 valence electrons. The monoisotopic (exact) mass is 362 g/mol. The summed E-state index contributed by atoms with van der Waals surface area (Å²) in [6, 6.07) is 15.6. The summed E-state index contributed by atoms with van der Waals surface area (Å²) in [6.07, 6.45) is 0.893. The van der Waals surface area contributed by atoms with E-state index in [0.29, 0.717) is 6.54 Å². The predicted molar refractivity (Wildman–Crippen MR) is 105 cm³/mol. The van der Waals surface area contributed by atoms with Gasteiger partial charge in [-0.15, -0.1) is 12.4 Å². The summed E-state index contributed by atoms with van der Waals surface area (Å²) in [5.74, 6) is 0.921. The summed E-state index contributed by atoms with van der Waals surface area (Å²) in [7, 11) is 1.66. The number of methoxy groups -OCH3 is 1. The lowest BCUT2D eigenvalue weighted by Crippen LogP contribution is -2.44. The van der Waals surface area contributed by atoms with Crippen LogP contribution >= 0.6 is 12.4 Å². The van der Waals surface area contributed by atoms with Gasteiger partial charge in [0.15, 0.2) is 0 Å². The standard InChI is InChI=1S/C20H26N2O2.ClH/c1-4-14(2)19(21)20(23)22-13-15-8-10-16(11-9-15)17-6-5-7-18(12-17)24-3;/h5-12,14,19H,4,13,21H2,1-3H3,(H,22,23);1H. The molecule has 2 unspecified atom stereocenters. The number of benzene rings is 2. The Hall–Kier alpha value is -2.04. The lowest BCUT2D eigenvalue weighted by Gasteiger charge is -2.17. The van der Waals surface area contributed by atoms with Gasteiger partial charge in [-0.1, -0.05) is 56.7 Å². The van der Waals surface area contributed by atoms with Gasteiger partial charge in [0.05, 0.1) is 13.2 Å². The molecule has 0 spiro atoms. The zero-order chi connectivity index (χ0) is 17.5. The molecule has 3 N–H and O–H groups in total. The Bertz CT molecular complexity index is 674. The number of ether oxygens (including phenoxy) is 1. The van der Waals surface area contributed by atoms with Crippen LogP contribution in [0, 0.1) is 5.92 Å². The van der Waals surface area contributed by atoms with Gasteiger partial charge in [0.25, 0.3) is 0 Å². The number of carbonyl (C=O) groups is 1. The van der Waals surface area contributed by atoms with Crippen LogP contribution in [0.1, 0.15) is 25.8 Å². The van der Waals surface area contributed by atoms with Crippen LogP contribution in [0.5, 0.6) is 5.75 Å². The van der Waals surface area contributed by atoms with E-state index in [4.69, 9.17) is 10.5 Å². The third kappa shape index (κ3) is 5.76. The van der Waals surface area contributed by atoms with Crippen molar-refractivity contribution in [2.24, 2.45) is 11.7 Å². The smallest absolute Gasteiger partial charge is 0.237 e. The molecule has 0 heterocycles. The number of nitrogens with two attached hydrogens (primary N) is 1. The predicted octanol–water partition coefficient (Wildman–Crippen LogP) is 3.77. The highest BCUT2D eigenvalue weighted by molar-refractivity contribution is 5.85. The third-order valence-corrected chi connectivity index (χ3v) is 4.38. The summed E-state index contributed by atoms with van der Waals surface area (Å²) in [5.41, 5.74) is 9.20. The maximum absolute atomic E-state index is 12.0. The first-order chi connectivity index (χ1) is 11.5. The van der Waals surface area contributed by atoms with Gasteiger partial charge in [-0.2, -0.15) is 0 Å². The largest absolute Gasteiger partial charge is 0.497 e. The van der Waals surface area contributed by atoms with Crippen molar-refractivity contribution in [3.63, 3.8) is 0 Å². The lowest BCUT2D eigenvalue weighted by atomic mass is 9.99. The second-order valence-electron chi connectivity index (χ2n) is 6.06. The number of carbonyl (C=O) groups excluding carboxylic acids is 1. The second kappa shape index (κ2) is 10.1. The number of hydrogen-bond acceptors (Lipinski definition) is 3. The van der Waals surface area contributed by atoms with Crippen molar-refractivity contribution in [2.75, 3.05) is 7.11 Å². The van der Waals surface area contributed by atoms with Gasteiger partial charge in [0.2, 0.25) is 5.91 Å². The quantitative estimate of drug-likeness (QED) is 0.787. The van der Waals surface area contributed by atoms with Crippen molar-refractivity contribution in [1.29, 1.82) is 0 Å². The normalized spacial score (nSPS) is 12.6. The van der Waals surface area contributed by atoms with Crippen molar-refractivity contribution in [2.45, 2.75) is 32.9 Å². The van der Waals surface area contributed by atoms with Crippen LogP contribution in [-0.4, -0.2) is 19.1 Å². The highest BCUT2D eigenvalue weighted by atomic mass is 35.5. The van der Waals surface area contributed by atoms with Crippen molar-refractivity contribution < 1.29 is 9.53 Å². The maximum atomic E-state index is 12.0. The SMILES string of the molecule is CCC(C)C(N)C(=O)NCc1ccc(-c2cccc(OC)c2)cc1.Cl. The summed E-state index contributed by atoms with van der Waals surface area (Å²) in [4.78, 5) is 12.0. The van der Waals surface area contributed by atoms with Gasteiger partial charge in [-0.25, -0.2) is 0 Å². The molecule has 0 radical (unpaired) electrons. The van der Waals surface area contributed by atoms with Gasteiger partial charge in [-0.05, 0) is 34.7 Å². The first kappa shape index (κ1) is 21.0. The van der Waals surface area contributed by atoms with E-state index in [1.165, 1.54) is 0 Å².